The molecule has 4 nitrogen and oxygen atoms in total. The molecule has 6 heteroatoms. The van der Waals surface area contributed by atoms with Gasteiger partial charge in [-0.1, -0.05) is 29.8 Å². The highest BCUT2D eigenvalue weighted by Crippen LogP contribution is 2.23. The molecule has 0 spiro atoms. The van der Waals surface area contributed by atoms with Crippen LogP contribution in [-0.4, -0.2) is 53.5 Å². The quantitative estimate of drug-likeness (QED) is 0.909. The molecule has 2 aromatic carbocycles. The molecule has 1 N–H and O–H groups in total. The first-order valence-corrected chi connectivity index (χ1v) is 8.62. The first-order chi connectivity index (χ1) is 12.0. The zero-order valence-electron chi connectivity index (χ0n) is 13.7. The summed E-state index contributed by atoms with van der Waals surface area (Å²) in [5, 5.41) is 10.9. The van der Waals surface area contributed by atoms with Gasteiger partial charge in [0.05, 0.1) is 6.10 Å². The maximum absolute atomic E-state index is 13.0. The molecule has 2 aromatic rings. The molecule has 1 atom stereocenters. The minimum atomic E-state index is -0.659. The van der Waals surface area contributed by atoms with Gasteiger partial charge >= 0.3 is 0 Å². The summed E-state index contributed by atoms with van der Waals surface area (Å²) in [6.07, 6.45) is -0.659. The number of piperazine rings is 1. The molecule has 0 aromatic heterocycles. The summed E-state index contributed by atoms with van der Waals surface area (Å²) in [5.74, 6) is -0.443. The van der Waals surface area contributed by atoms with E-state index in [-0.39, 0.29) is 11.7 Å². The average Bonchev–Trinajstić information content (AvgIpc) is 2.63. The Hall–Kier alpha value is -1.95. The van der Waals surface area contributed by atoms with Gasteiger partial charge in [-0.2, -0.15) is 0 Å². The SMILES string of the molecule is O=C(c1ccc(F)cc1)N1CCN(CC(O)c2ccccc2Cl)CC1. The monoisotopic (exact) mass is 362 g/mol. The summed E-state index contributed by atoms with van der Waals surface area (Å²) in [7, 11) is 0. The van der Waals surface area contributed by atoms with Crippen LogP contribution in [0, 0.1) is 5.82 Å². The molecule has 3 rings (SSSR count). The second-order valence-corrected chi connectivity index (χ2v) is 6.54. The lowest BCUT2D eigenvalue weighted by Crippen LogP contribution is -2.49. The number of aliphatic hydroxyl groups excluding tert-OH is 1. The fourth-order valence-corrected chi connectivity index (χ4v) is 3.26. The van der Waals surface area contributed by atoms with Crippen molar-refractivity contribution in [2.24, 2.45) is 0 Å². The Kier molecular flexibility index (Phi) is 5.68. The van der Waals surface area contributed by atoms with Crippen molar-refractivity contribution < 1.29 is 14.3 Å². The van der Waals surface area contributed by atoms with E-state index in [1.54, 1.807) is 11.0 Å². The predicted octanol–water partition coefficient (Wildman–Crippen LogP) is 2.97. The van der Waals surface area contributed by atoms with Gasteiger partial charge in [-0.05, 0) is 30.3 Å². The smallest absolute Gasteiger partial charge is 0.253 e. The van der Waals surface area contributed by atoms with E-state index in [0.717, 1.165) is 0 Å². The van der Waals surface area contributed by atoms with Crippen molar-refractivity contribution >= 4 is 17.5 Å². The van der Waals surface area contributed by atoms with Crippen molar-refractivity contribution in [2.45, 2.75) is 6.10 Å². The Labute approximate surface area is 151 Å². The van der Waals surface area contributed by atoms with Gasteiger partial charge in [0.25, 0.3) is 5.91 Å². The minimum absolute atomic E-state index is 0.0914. The van der Waals surface area contributed by atoms with E-state index in [4.69, 9.17) is 11.6 Å². The van der Waals surface area contributed by atoms with Crippen molar-refractivity contribution in [2.75, 3.05) is 32.7 Å². The number of halogens is 2. The fourth-order valence-electron chi connectivity index (χ4n) is 3.00. The van der Waals surface area contributed by atoms with E-state index in [1.807, 2.05) is 18.2 Å². The number of β-amino-alcohol motifs (C(OH)–C–C–N with tert-alkyl or cyclic N) is 1. The summed E-state index contributed by atoms with van der Waals surface area (Å²) in [4.78, 5) is 16.3. The van der Waals surface area contributed by atoms with Crippen molar-refractivity contribution in [1.82, 2.24) is 9.80 Å². The molecule has 1 unspecified atom stereocenters. The number of carbonyl (C=O) groups is 1. The molecule has 1 aliphatic heterocycles. The van der Waals surface area contributed by atoms with E-state index >= 15 is 0 Å². The second kappa shape index (κ2) is 7.95. The Morgan fingerprint density at radius 1 is 1.08 bits per heavy atom. The van der Waals surface area contributed by atoms with Crippen molar-refractivity contribution in [3.63, 3.8) is 0 Å². The normalized spacial score (nSPS) is 16.7. The summed E-state index contributed by atoms with van der Waals surface area (Å²) < 4.78 is 13.0. The van der Waals surface area contributed by atoms with E-state index < -0.39 is 6.10 Å². The van der Waals surface area contributed by atoms with Gasteiger partial charge in [-0.25, -0.2) is 4.39 Å². The third kappa shape index (κ3) is 4.37. The molecule has 0 bridgehead atoms. The van der Waals surface area contributed by atoms with Gasteiger partial charge < -0.3 is 10.0 Å². The van der Waals surface area contributed by atoms with E-state index in [1.165, 1.54) is 24.3 Å². The van der Waals surface area contributed by atoms with Crippen LogP contribution in [0.15, 0.2) is 48.5 Å². The minimum Gasteiger partial charge on any atom is -0.387 e. The van der Waals surface area contributed by atoms with Gasteiger partial charge in [0.1, 0.15) is 5.82 Å². The Morgan fingerprint density at radius 2 is 1.72 bits per heavy atom. The Bertz CT molecular complexity index is 730. The highest BCUT2D eigenvalue weighted by atomic mass is 35.5. The first-order valence-electron chi connectivity index (χ1n) is 8.24. The van der Waals surface area contributed by atoms with Gasteiger partial charge in [-0.3, -0.25) is 9.69 Å². The number of nitrogens with zero attached hydrogens (tertiary/aromatic N) is 2. The van der Waals surface area contributed by atoms with Crippen LogP contribution in [0.1, 0.15) is 22.0 Å². The number of rotatable bonds is 4. The van der Waals surface area contributed by atoms with E-state index in [9.17, 15) is 14.3 Å². The molecule has 1 amide bonds. The van der Waals surface area contributed by atoms with Gasteiger partial charge in [0.2, 0.25) is 0 Å². The molecule has 0 saturated carbocycles. The topological polar surface area (TPSA) is 43.8 Å². The van der Waals surface area contributed by atoms with Crippen LogP contribution in [0.5, 0.6) is 0 Å². The molecule has 132 valence electrons. The summed E-state index contributed by atoms with van der Waals surface area (Å²) in [5.41, 5.74) is 1.21. The number of aliphatic hydroxyl groups is 1. The van der Waals surface area contributed by atoms with Crippen molar-refractivity contribution in [3.05, 3.63) is 70.5 Å². The molecular formula is C19H20ClFN2O2. The van der Waals surface area contributed by atoms with E-state index in [0.29, 0.717) is 48.9 Å². The Morgan fingerprint density at radius 3 is 2.36 bits per heavy atom. The first kappa shape index (κ1) is 17.9. The number of amides is 1. The van der Waals surface area contributed by atoms with Crippen LogP contribution in [-0.2, 0) is 0 Å². The molecule has 1 saturated heterocycles. The van der Waals surface area contributed by atoms with Gasteiger partial charge in [0, 0.05) is 48.9 Å². The summed E-state index contributed by atoms with van der Waals surface area (Å²) in [6.45, 7) is 2.97. The lowest BCUT2D eigenvalue weighted by molar-refractivity contribution is 0.0527. The van der Waals surface area contributed by atoms with Gasteiger partial charge in [0.15, 0.2) is 0 Å². The third-order valence-corrected chi connectivity index (χ3v) is 4.79. The molecular weight excluding hydrogens is 343 g/mol. The van der Waals surface area contributed by atoms with E-state index in [2.05, 4.69) is 4.90 Å². The van der Waals surface area contributed by atoms with Crippen LogP contribution in [0.3, 0.4) is 0 Å². The van der Waals surface area contributed by atoms with Crippen LogP contribution in [0.25, 0.3) is 0 Å². The number of hydrogen-bond acceptors (Lipinski definition) is 3. The summed E-state index contributed by atoms with van der Waals surface area (Å²) >= 11 is 6.12. The molecule has 0 aliphatic carbocycles. The number of hydrogen-bond donors (Lipinski definition) is 1. The Balaban J connectivity index is 1.54. The highest BCUT2D eigenvalue weighted by Gasteiger charge is 2.24. The standard InChI is InChI=1S/C19H20ClFN2O2/c20-17-4-2-1-3-16(17)18(24)13-22-9-11-23(12-10-22)19(25)14-5-7-15(21)8-6-14/h1-8,18,24H,9-13H2. The fraction of sp³-hybridized carbons (Fsp3) is 0.316. The van der Waals surface area contributed by atoms with Crippen LogP contribution < -0.4 is 0 Å². The largest absolute Gasteiger partial charge is 0.387 e. The van der Waals surface area contributed by atoms with Crippen molar-refractivity contribution in [1.29, 1.82) is 0 Å². The van der Waals surface area contributed by atoms with Crippen LogP contribution in [0.2, 0.25) is 5.02 Å². The predicted molar refractivity (Wildman–Crippen MR) is 95.2 cm³/mol. The lowest BCUT2D eigenvalue weighted by Gasteiger charge is -2.35. The van der Waals surface area contributed by atoms with Crippen molar-refractivity contribution in [3.8, 4) is 0 Å². The average molecular weight is 363 g/mol. The molecule has 1 fully saturated rings. The molecule has 1 aliphatic rings. The lowest BCUT2D eigenvalue weighted by atomic mass is 10.1. The zero-order valence-corrected chi connectivity index (χ0v) is 14.5. The molecule has 25 heavy (non-hydrogen) atoms. The molecule has 1 heterocycles. The van der Waals surface area contributed by atoms with Gasteiger partial charge in [-0.15, -0.1) is 0 Å². The van der Waals surface area contributed by atoms with Crippen LogP contribution >= 0.6 is 11.6 Å². The molecule has 0 radical (unpaired) electrons. The maximum Gasteiger partial charge on any atom is 0.253 e. The highest BCUT2D eigenvalue weighted by molar-refractivity contribution is 6.31. The summed E-state index contributed by atoms with van der Waals surface area (Å²) in [6, 6.07) is 12.9. The number of benzene rings is 2. The van der Waals surface area contributed by atoms with Crippen LogP contribution in [0.4, 0.5) is 4.39 Å². The third-order valence-electron chi connectivity index (χ3n) is 4.45. The zero-order chi connectivity index (χ0) is 17.8. The number of carbonyl (C=O) groups excluding carboxylic acids is 1. The maximum atomic E-state index is 13.0. The second-order valence-electron chi connectivity index (χ2n) is 6.14.